The molecule has 4 unspecified atom stereocenters. The maximum atomic E-state index is 11.7. The van der Waals surface area contributed by atoms with Crippen molar-refractivity contribution in [3.8, 4) is 0 Å². The molecule has 1 saturated carbocycles. The molecule has 116 valence electrons. The molecule has 4 atom stereocenters. The van der Waals surface area contributed by atoms with Crippen LogP contribution in [0.5, 0.6) is 0 Å². The Kier molecular flexibility index (Phi) is 3.09. The van der Waals surface area contributed by atoms with Crippen LogP contribution >= 0.6 is 0 Å². The van der Waals surface area contributed by atoms with Gasteiger partial charge in [-0.2, -0.15) is 0 Å². The van der Waals surface area contributed by atoms with E-state index in [2.05, 4.69) is 19.2 Å². The van der Waals surface area contributed by atoms with E-state index >= 15 is 0 Å². The topological polar surface area (TPSA) is 81.4 Å². The zero-order chi connectivity index (χ0) is 14.8. The first-order valence-electron chi connectivity index (χ1n) is 7.46. The van der Waals surface area contributed by atoms with Crippen LogP contribution in [0.4, 0.5) is 0 Å². The molecule has 0 spiro atoms. The van der Waals surface area contributed by atoms with Gasteiger partial charge in [0.05, 0.1) is 17.6 Å². The molecular weight excluding hydrogens is 276 g/mol. The molecule has 3 aliphatic rings. The standard InChI is InChI=1S/C14H26N2O3S/c1-12(2)11-10(4-6-19-11)14(12,15)8-16-13(3)5-7-20(17,18)9-13/h10-11,16H,4-9,15H2,1-3H3. The van der Waals surface area contributed by atoms with Gasteiger partial charge in [-0.3, -0.25) is 0 Å². The Morgan fingerprint density at radius 1 is 1.35 bits per heavy atom. The largest absolute Gasteiger partial charge is 0.377 e. The fourth-order valence-corrected chi connectivity index (χ4v) is 6.47. The lowest BCUT2D eigenvalue weighted by Crippen LogP contribution is -2.78. The van der Waals surface area contributed by atoms with E-state index in [1.54, 1.807) is 0 Å². The highest BCUT2D eigenvalue weighted by molar-refractivity contribution is 7.91. The number of ether oxygens (including phenoxy) is 1. The van der Waals surface area contributed by atoms with Crippen molar-refractivity contribution in [2.75, 3.05) is 24.7 Å². The first-order valence-corrected chi connectivity index (χ1v) is 9.28. The average molecular weight is 302 g/mol. The molecule has 2 aliphatic heterocycles. The third kappa shape index (κ3) is 1.95. The van der Waals surface area contributed by atoms with Gasteiger partial charge in [-0.25, -0.2) is 8.42 Å². The summed E-state index contributed by atoms with van der Waals surface area (Å²) in [5.41, 5.74) is 5.99. The van der Waals surface area contributed by atoms with E-state index in [1.807, 2.05) is 6.92 Å². The van der Waals surface area contributed by atoms with E-state index in [4.69, 9.17) is 10.5 Å². The molecular formula is C14H26N2O3S. The first kappa shape index (κ1) is 14.8. The van der Waals surface area contributed by atoms with Crippen molar-refractivity contribution in [1.29, 1.82) is 0 Å². The summed E-state index contributed by atoms with van der Waals surface area (Å²) < 4.78 is 29.1. The molecule has 1 aliphatic carbocycles. The predicted octanol–water partition coefficient (Wildman–Crippen LogP) is 0.296. The minimum Gasteiger partial charge on any atom is -0.377 e. The Morgan fingerprint density at radius 2 is 2.05 bits per heavy atom. The van der Waals surface area contributed by atoms with Crippen LogP contribution in [0.3, 0.4) is 0 Å². The van der Waals surface area contributed by atoms with E-state index in [0.29, 0.717) is 18.9 Å². The molecule has 0 amide bonds. The average Bonchev–Trinajstić information content (AvgIpc) is 2.91. The molecule has 0 bridgehead atoms. The van der Waals surface area contributed by atoms with Crippen molar-refractivity contribution in [2.24, 2.45) is 17.1 Å². The highest BCUT2D eigenvalue weighted by atomic mass is 32.2. The van der Waals surface area contributed by atoms with Gasteiger partial charge in [0.2, 0.25) is 0 Å². The monoisotopic (exact) mass is 302 g/mol. The third-order valence-corrected chi connectivity index (χ3v) is 7.88. The zero-order valence-corrected chi connectivity index (χ0v) is 13.4. The molecule has 0 aromatic rings. The van der Waals surface area contributed by atoms with Gasteiger partial charge in [-0.15, -0.1) is 0 Å². The van der Waals surface area contributed by atoms with Gasteiger partial charge in [0, 0.05) is 35.6 Å². The van der Waals surface area contributed by atoms with Crippen LogP contribution in [-0.2, 0) is 14.6 Å². The van der Waals surface area contributed by atoms with Gasteiger partial charge in [-0.1, -0.05) is 13.8 Å². The third-order valence-electron chi connectivity index (χ3n) is 5.98. The SMILES string of the molecule is CC1(NCC2(N)C3CCOC3C2(C)C)CCS(=O)(=O)C1. The second kappa shape index (κ2) is 4.18. The number of nitrogens with one attached hydrogen (secondary N) is 1. The fraction of sp³-hybridized carbons (Fsp3) is 1.00. The van der Waals surface area contributed by atoms with Crippen LogP contribution in [0.15, 0.2) is 0 Å². The second-order valence-corrected chi connectivity index (χ2v) is 9.89. The summed E-state index contributed by atoms with van der Waals surface area (Å²) >= 11 is 0. The predicted molar refractivity (Wildman–Crippen MR) is 78.2 cm³/mol. The van der Waals surface area contributed by atoms with E-state index in [-0.39, 0.29) is 34.1 Å². The minimum absolute atomic E-state index is 0.0605. The Bertz CT molecular complexity index is 519. The van der Waals surface area contributed by atoms with Gasteiger partial charge in [0.15, 0.2) is 9.84 Å². The first-order chi connectivity index (χ1) is 9.10. The zero-order valence-electron chi connectivity index (χ0n) is 12.6. The molecule has 6 heteroatoms. The summed E-state index contributed by atoms with van der Waals surface area (Å²) in [7, 11) is -2.88. The van der Waals surface area contributed by atoms with Crippen LogP contribution in [0.25, 0.3) is 0 Å². The van der Waals surface area contributed by atoms with E-state index < -0.39 is 9.84 Å². The second-order valence-electron chi connectivity index (χ2n) is 7.70. The Morgan fingerprint density at radius 3 is 2.65 bits per heavy atom. The molecule has 0 aromatic heterocycles. The Hall–Kier alpha value is -0.170. The summed E-state index contributed by atoms with van der Waals surface area (Å²) in [4.78, 5) is 0. The number of nitrogens with two attached hydrogens (primary N) is 1. The molecule has 2 saturated heterocycles. The molecule has 5 nitrogen and oxygen atoms in total. The number of rotatable bonds is 3. The maximum absolute atomic E-state index is 11.7. The number of hydrogen-bond donors (Lipinski definition) is 2. The minimum atomic E-state index is -2.88. The van der Waals surface area contributed by atoms with Crippen LogP contribution in [-0.4, -0.2) is 50.3 Å². The normalized spacial score (nSPS) is 48.8. The summed E-state index contributed by atoms with van der Waals surface area (Å²) in [6.45, 7) is 7.78. The quantitative estimate of drug-likeness (QED) is 0.783. The van der Waals surface area contributed by atoms with Crippen LogP contribution < -0.4 is 11.1 Å². The van der Waals surface area contributed by atoms with Crippen molar-refractivity contribution in [3.05, 3.63) is 0 Å². The van der Waals surface area contributed by atoms with Crippen LogP contribution in [0, 0.1) is 11.3 Å². The summed E-state index contributed by atoms with van der Waals surface area (Å²) in [5.74, 6) is 0.903. The fourth-order valence-electron chi connectivity index (χ4n) is 4.34. The molecule has 3 fully saturated rings. The highest BCUT2D eigenvalue weighted by Crippen LogP contribution is 2.57. The Balaban J connectivity index is 1.69. The van der Waals surface area contributed by atoms with Gasteiger partial charge < -0.3 is 15.8 Å². The van der Waals surface area contributed by atoms with Crippen molar-refractivity contribution in [3.63, 3.8) is 0 Å². The summed E-state index contributed by atoms with van der Waals surface area (Å²) in [6, 6.07) is 0. The van der Waals surface area contributed by atoms with Gasteiger partial charge in [-0.05, 0) is 19.8 Å². The van der Waals surface area contributed by atoms with Crippen molar-refractivity contribution in [1.82, 2.24) is 5.32 Å². The maximum Gasteiger partial charge on any atom is 0.152 e. The lowest BCUT2D eigenvalue weighted by molar-refractivity contribution is -0.154. The Labute approximate surface area is 121 Å². The molecule has 3 rings (SSSR count). The smallest absolute Gasteiger partial charge is 0.152 e. The van der Waals surface area contributed by atoms with E-state index in [0.717, 1.165) is 13.0 Å². The van der Waals surface area contributed by atoms with Crippen molar-refractivity contribution < 1.29 is 13.2 Å². The lowest BCUT2D eigenvalue weighted by Gasteiger charge is -2.63. The summed E-state index contributed by atoms with van der Waals surface area (Å²) in [5, 5.41) is 3.46. The van der Waals surface area contributed by atoms with Gasteiger partial charge >= 0.3 is 0 Å². The molecule has 20 heavy (non-hydrogen) atoms. The van der Waals surface area contributed by atoms with Gasteiger partial charge in [0.25, 0.3) is 0 Å². The van der Waals surface area contributed by atoms with Crippen LogP contribution in [0.1, 0.15) is 33.6 Å². The number of hydrogen-bond acceptors (Lipinski definition) is 5. The molecule has 0 radical (unpaired) electrons. The molecule has 0 aromatic carbocycles. The number of fused-ring (bicyclic) bond motifs is 1. The van der Waals surface area contributed by atoms with Crippen molar-refractivity contribution in [2.45, 2.75) is 50.8 Å². The lowest BCUT2D eigenvalue weighted by atomic mass is 9.48. The molecule has 3 N–H and O–H groups in total. The van der Waals surface area contributed by atoms with E-state index in [1.165, 1.54) is 0 Å². The van der Waals surface area contributed by atoms with Gasteiger partial charge in [0.1, 0.15) is 0 Å². The highest BCUT2D eigenvalue weighted by Gasteiger charge is 2.67. The van der Waals surface area contributed by atoms with Crippen molar-refractivity contribution >= 4 is 9.84 Å². The van der Waals surface area contributed by atoms with Crippen LogP contribution in [0.2, 0.25) is 0 Å². The van der Waals surface area contributed by atoms with E-state index in [9.17, 15) is 8.42 Å². The summed E-state index contributed by atoms with van der Waals surface area (Å²) in [6.07, 6.45) is 1.95. The molecule has 2 heterocycles. The number of sulfone groups is 1.